The van der Waals surface area contributed by atoms with Crippen LogP contribution in [-0.2, 0) is 4.74 Å². The van der Waals surface area contributed by atoms with E-state index in [4.69, 9.17) is 15.5 Å². The fourth-order valence-corrected chi connectivity index (χ4v) is 3.53. The molecule has 8 nitrogen and oxygen atoms in total. The van der Waals surface area contributed by atoms with Gasteiger partial charge >= 0.3 is 6.09 Å². The van der Waals surface area contributed by atoms with Crippen LogP contribution in [0.3, 0.4) is 0 Å². The molecule has 0 saturated carbocycles. The molecule has 0 aliphatic carbocycles. The molecule has 0 unspecified atom stereocenters. The lowest BCUT2D eigenvalue weighted by atomic mass is 10.1. The number of nitrogens with one attached hydrogen (secondary N) is 1. The van der Waals surface area contributed by atoms with E-state index >= 15 is 0 Å². The summed E-state index contributed by atoms with van der Waals surface area (Å²) < 4.78 is 18.3. The van der Waals surface area contributed by atoms with Gasteiger partial charge in [0.15, 0.2) is 5.82 Å². The molecule has 30 heavy (non-hydrogen) atoms. The summed E-state index contributed by atoms with van der Waals surface area (Å²) >= 11 is 0. The molecule has 0 spiro atoms. The molecule has 3 N–H and O–H groups in total. The molecule has 1 aromatic carbocycles. The number of pyridine rings is 1. The molecule has 3 aromatic rings. The number of rotatable bonds is 4. The van der Waals surface area contributed by atoms with Crippen LogP contribution in [0.5, 0.6) is 0 Å². The summed E-state index contributed by atoms with van der Waals surface area (Å²) in [6.07, 6.45) is 1.22. The fourth-order valence-electron chi connectivity index (χ4n) is 3.53. The Morgan fingerprint density at radius 3 is 2.60 bits per heavy atom. The number of hydrogen-bond acceptors (Lipinski definition) is 7. The minimum absolute atomic E-state index is 0.115. The van der Waals surface area contributed by atoms with E-state index in [0.717, 1.165) is 18.4 Å². The third-order valence-electron chi connectivity index (χ3n) is 5.06. The Labute approximate surface area is 173 Å². The van der Waals surface area contributed by atoms with E-state index in [-0.39, 0.29) is 23.9 Å². The zero-order valence-corrected chi connectivity index (χ0v) is 16.6. The average molecular weight is 410 g/mol. The number of hydrogen-bond donors (Lipinski definition) is 2. The SMILES string of the molecule is CCOC(=O)N1CCC(Nc2nc(N)nc3ccc(-c4ccc(F)cc4)nc23)CC1. The van der Waals surface area contributed by atoms with Crippen molar-refractivity contribution in [3.05, 3.63) is 42.2 Å². The van der Waals surface area contributed by atoms with Gasteiger partial charge in [-0.1, -0.05) is 0 Å². The van der Waals surface area contributed by atoms with Crippen molar-refractivity contribution < 1.29 is 13.9 Å². The molecular weight excluding hydrogens is 387 g/mol. The number of benzene rings is 1. The first kappa shape index (κ1) is 19.8. The van der Waals surface area contributed by atoms with Crippen molar-refractivity contribution in [2.24, 2.45) is 0 Å². The first-order valence-electron chi connectivity index (χ1n) is 9.92. The normalized spacial score (nSPS) is 14.7. The number of ether oxygens (including phenoxy) is 1. The van der Waals surface area contributed by atoms with Crippen LogP contribution < -0.4 is 11.1 Å². The lowest BCUT2D eigenvalue weighted by Gasteiger charge is -2.32. The number of fused-ring (bicyclic) bond motifs is 1. The molecule has 156 valence electrons. The lowest BCUT2D eigenvalue weighted by molar-refractivity contribution is 0.0983. The number of piperidine rings is 1. The van der Waals surface area contributed by atoms with Gasteiger partial charge in [0, 0.05) is 24.7 Å². The van der Waals surface area contributed by atoms with E-state index in [2.05, 4.69) is 15.3 Å². The van der Waals surface area contributed by atoms with Crippen molar-refractivity contribution in [3.63, 3.8) is 0 Å². The minimum Gasteiger partial charge on any atom is -0.450 e. The van der Waals surface area contributed by atoms with Gasteiger partial charge in [0.2, 0.25) is 5.95 Å². The summed E-state index contributed by atoms with van der Waals surface area (Å²) in [5.41, 5.74) is 8.60. The number of carbonyl (C=O) groups is 1. The molecule has 0 atom stereocenters. The highest BCUT2D eigenvalue weighted by Gasteiger charge is 2.24. The van der Waals surface area contributed by atoms with E-state index in [0.29, 0.717) is 42.2 Å². The van der Waals surface area contributed by atoms with Crippen LogP contribution in [0.2, 0.25) is 0 Å². The zero-order valence-electron chi connectivity index (χ0n) is 16.6. The van der Waals surface area contributed by atoms with E-state index in [1.54, 1.807) is 24.0 Å². The topological polar surface area (TPSA) is 106 Å². The summed E-state index contributed by atoms with van der Waals surface area (Å²) in [5.74, 6) is 0.411. The van der Waals surface area contributed by atoms with Crippen molar-refractivity contribution in [2.45, 2.75) is 25.8 Å². The Hall–Kier alpha value is -3.49. The van der Waals surface area contributed by atoms with Gasteiger partial charge in [0.05, 0.1) is 17.8 Å². The number of anilines is 2. The summed E-state index contributed by atoms with van der Waals surface area (Å²) in [5, 5.41) is 3.41. The van der Waals surface area contributed by atoms with Gasteiger partial charge in [-0.15, -0.1) is 0 Å². The predicted molar refractivity (Wildman–Crippen MR) is 112 cm³/mol. The largest absolute Gasteiger partial charge is 0.450 e. The molecule has 4 rings (SSSR count). The maximum absolute atomic E-state index is 13.2. The molecule has 0 bridgehead atoms. The summed E-state index contributed by atoms with van der Waals surface area (Å²) in [6.45, 7) is 3.36. The lowest BCUT2D eigenvalue weighted by Crippen LogP contribution is -2.42. The molecule has 0 radical (unpaired) electrons. The van der Waals surface area contributed by atoms with Gasteiger partial charge in [0.1, 0.15) is 11.3 Å². The number of aromatic nitrogens is 3. The molecule has 9 heteroatoms. The minimum atomic E-state index is -0.299. The predicted octanol–water partition coefficient (Wildman–Crippen LogP) is 3.45. The molecule has 1 saturated heterocycles. The number of nitrogens with two attached hydrogens (primary N) is 1. The highest BCUT2D eigenvalue weighted by atomic mass is 19.1. The average Bonchev–Trinajstić information content (AvgIpc) is 2.75. The second-order valence-corrected chi connectivity index (χ2v) is 7.11. The fraction of sp³-hybridized carbons (Fsp3) is 0.333. The first-order valence-corrected chi connectivity index (χ1v) is 9.92. The van der Waals surface area contributed by atoms with Gasteiger partial charge < -0.3 is 20.7 Å². The van der Waals surface area contributed by atoms with E-state index < -0.39 is 0 Å². The highest BCUT2D eigenvalue weighted by Crippen LogP contribution is 2.26. The highest BCUT2D eigenvalue weighted by molar-refractivity contribution is 5.88. The van der Waals surface area contributed by atoms with Crippen LogP contribution in [0.4, 0.5) is 21.0 Å². The number of nitrogen functional groups attached to an aromatic ring is 1. The number of likely N-dealkylation sites (tertiary alicyclic amines) is 1. The van der Waals surface area contributed by atoms with Crippen LogP contribution in [0.1, 0.15) is 19.8 Å². The van der Waals surface area contributed by atoms with Crippen LogP contribution >= 0.6 is 0 Å². The molecule has 2 aromatic heterocycles. The molecule has 1 aliphatic heterocycles. The van der Waals surface area contributed by atoms with Gasteiger partial charge in [-0.2, -0.15) is 4.98 Å². The van der Waals surface area contributed by atoms with Gasteiger partial charge in [-0.05, 0) is 56.2 Å². The zero-order chi connectivity index (χ0) is 21.1. The summed E-state index contributed by atoms with van der Waals surface area (Å²) in [6, 6.07) is 9.93. The summed E-state index contributed by atoms with van der Waals surface area (Å²) in [4.78, 5) is 26.9. The van der Waals surface area contributed by atoms with Crippen molar-refractivity contribution >= 4 is 28.9 Å². The van der Waals surface area contributed by atoms with Crippen molar-refractivity contribution in [1.82, 2.24) is 19.9 Å². The monoisotopic (exact) mass is 410 g/mol. The number of nitrogens with zero attached hydrogens (tertiary/aromatic N) is 4. The van der Waals surface area contributed by atoms with Gasteiger partial charge in [-0.25, -0.2) is 19.2 Å². The second-order valence-electron chi connectivity index (χ2n) is 7.11. The molecule has 1 amide bonds. The Kier molecular flexibility index (Phi) is 5.60. The third-order valence-corrected chi connectivity index (χ3v) is 5.06. The van der Waals surface area contributed by atoms with Crippen LogP contribution in [0.15, 0.2) is 36.4 Å². The number of halogens is 1. The quantitative estimate of drug-likeness (QED) is 0.678. The van der Waals surface area contributed by atoms with Crippen molar-refractivity contribution in [2.75, 3.05) is 30.7 Å². The number of amides is 1. The molecule has 3 heterocycles. The van der Waals surface area contributed by atoms with Crippen LogP contribution in [0, 0.1) is 5.82 Å². The van der Waals surface area contributed by atoms with Crippen LogP contribution in [0.25, 0.3) is 22.3 Å². The Morgan fingerprint density at radius 1 is 1.17 bits per heavy atom. The Balaban J connectivity index is 1.57. The molecular formula is C21H23FN6O2. The maximum atomic E-state index is 13.2. The number of carbonyl (C=O) groups excluding carboxylic acids is 1. The smallest absolute Gasteiger partial charge is 0.409 e. The first-order chi connectivity index (χ1) is 14.5. The molecule has 1 fully saturated rings. The standard InChI is InChI=1S/C21H23FN6O2/c1-2-30-21(29)28-11-9-15(10-12-28)24-19-18-17(26-20(23)27-19)8-7-16(25-18)13-3-5-14(22)6-4-13/h3-8,15H,2,9-12H2,1H3,(H3,23,24,26,27). The Morgan fingerprint density at radius 2 is 1.90 bits per heavy atom. The van der Waals surface area contributed by atoms with Crippen LogP contribution in [-0.4, -0.2) is 51.7 Å². The second kappa shape index (κ2) is 8.48. The molecule has 1 aliphatic rings. The van der Waals surface area contributed by atoms with Crippen molar-refractivity contribution in [3.8, 4) is 11.3 Å². The van der Waals surface area contributed by atoms with E-state index in [1.165, 1.54) is 12.1 Å². The van der Waals surface area contributed by atoms with Crippen molar-refractivity contribution in [1.29, 1.82) is 0 Å². The maximum Gasteiger partial charge on any atom is 0.409 e. The Bertz CT molecular complexity index is 1050. The van der Waals surface area contributed by atoms with E-state index in [9.17, 15) is 9.18 Å². The van der Waals surface area contributed by atoms with Gasteiger partial charge in [0.25, 0.3) is 0 Å². The summed E-state index contributed by atoms with van der Waals surface area (Å²) in [7, 11) is 0. The van der Waals surface area contributed by atoms with Gasteiger partial charge in [-0.3, -0.25) is 0 Å². The third kappa shape index (κ3) is 4.24. The van der Waals surface area contributed by atoms with E-state index in [1.807, 2.05) is 12.1 Å².